The molecular formula is C30H30O3. The third-order valence-electron chi connectivity index (χ3n) is 6.17. The quantitative estimate of drug-likeness (QED) is 0.300. The number of aliphatic hydroxyl groups excluding tert-OH is 1. The van der Waals surface area contributed by atoms with Gasteiger partial charge in [-0.25, -0.2) is 4.79 Å². The van der Waals surface area contributed by atoms with Gasteiger partial charge in [0.15, 0.2) is 0 Å². The molecule has 1 aliphatic heterocycles. The Bertz CT molecular complexity index is 1130. The van der Waals surface area contributed by atoms with Crippen LogP contribution in [0.4, 0.5) is 0 Å². The van der Waals surface area contributed by atoms with E-state index >= 15 is 0 Å². The van der Waals surface area contributed by atoms with E-state index in [0.717, 1.165) is 24.0 Å². The van der Waals surface area contributed by atoms with Crippen LogP contribution in [0.5, 0.6) is 0 Å². The third-order valence-corrected chi connectivity index (χ3v) is 6.17. The molecule has 168 valence electrons. The monoisotopic (exact) mass is 438 g/mol. The Kier molecular flexibility index (Phi) is 7.09. The molecule has 0 saturated heterocycles. The molecule has 0 bridgehead atoms. The maximum atomic E-state index is 13.4. The van der Waals surface area contributed by atoms with Crippen LogP contribution in [0.15, 0.2) is 102 Å². The Morgan fingerprint density at radius 3 is 2.12 bits per heavy atom. The zero-order valence-corrected chi connectivity index (χ0v) is 19.0. The fraction of sp³-hybridized carbons (Fsp3) is 0.233. The summed E-state index contributed by atoms with van der Waals surface area (Å²) in [6.45, 7) is 2.08. The van der Waals surface area contributed by atoms with E-state index in [1.807, 2.05) is 84.9 Å². The summed E-state index contributed by atoms with van der Waals surface area (Å²) < 4.78 is 6.16. The van der Waals surface area contributed by atoms with Crippen LogP contribution in [0.25, 0.3) is 11.6 Å². The van der Waals surface area contributed by atoms with Crippen LogP contribution in [-0.4, -0.2) is 16.7 Å². The van der Waals surface area contributed by atoms with E-state index in [1.54, 1.807) is 0 Å². The largest absolute Gasteiger partial charge is 0.511 e. The number of aryl methyl sites for hydroxylation is 1. The predicted molar refractivity (Wildman–Crippen MR) is 134 cm³/mol. The fourth-order valence-corrected chi connectivity index (χ4v) is 4.57. The highest BCUT2D eigenvalue weighted by Crippen LogP contribution is 2.41. The average Bonchev–Trinajstić information content (AvgIpc) is 2.84. The van der Waals surface area contributed by atoms with Crippen molar-refractivity contribution in [2.24, 2.45) is 0 Å². The lowest BCUT2D eigenvalue weighted by atomic mass is 9.82. The molecule has 0 spiro atoms. The third kappa shape index (κ3) is 5.43. The molecule has 3 aromatic carbocycles. The smallest absolute Gasteiger partial charge is 0.342 e. The van der Waals surface area contributed by atoms with Gasteiger partial charge in [0.1, 0.15) is 16.9 Å². The van der Waals surface area contributed by atoms with Gasteiger partial charge >= 0.3 is 5.97 Å². The molecule has 0 saturated carbocycles. The number of carbonyl (C=O) groups is 1. The zero-order valence-electron chi connectivity index (χ0n) is 19.0. The number of ether oxygens (including phenoxy) is 1. The molecule has 3 nitrogen and oxygen atoms in total. The van der Waals surface area contributed by atoms with Gasteiger partial charge in [-0.1, -0.05) is 104 Å². The molecule has 0 aliphatic carbocycles. The second-order valence-corrected chi connectivity index (χ2v) is 8.64. The SMILES string of the molecule is CCCC1(CCc2ccccc2)CC(O)=C(/C(=C\c2ccccc2)c2ccccc2)C(=O)O1. The van der Waals surface area contributed by atoms with Crippen LogP contribution in [0.2, 0.25) is 0 Å². The molecule has 3 heteroatoms. The second-order valence-electron chi connectivity index (χ2n) is 8.64. The van der Waals surface area contributed by atoms with Crippen LogP contribution in [-0.2, 0) is 16.0 Å². The Morgan fingerprint density at radius 2 is 1.52 bits per heavy atom. The molecule has 0 radical (unpaired) electrons. The molecule has 4 rings (SSSR count). The molecule has 3 aromatic rings. The number of aliphatic hydroxyl groups is 1. The van der Waals surface area contributed by atoms with Gasteiger partial charge < -0.3 is 9.84 Å². The lowest BCUT2D eigenvalue weighted by Gasteiger charge is -2.37. The van der Waals surface area contributed by atoms with Gasteiger partial charge in [-0.2, -0.15) is 0 Å². The van der Waals surface area contributed by atoms with Crippen molar-refractivity contribution in [3.05, 3.63) is 119 Å². The van der Waals surface area contributed by atoms with Crippen molar-refractivity contribution in [3.8, 4) is 0 Å². The van der Waals surface area contributed by atoms with Crippen molar-refractivity contribution in [1.29, 1.82) is 0 Å². The van der Waals surface area contributed by atoms with E-state index in [-0.39, 0.29) is 11.3 Å². The van der Waals surface area contributed by atoms with Gasteiger partial charge in [-0.3, -0.25) is 0 Å². The number of carbonyl (C=O) groups excluding carboxylic acids is 1. The summed E-state index contributed by atoms with van der Waals surface area (Å²) in [5.41, 5.74) is 3.27. The minimum absolute atomic E-state index is 0.110. The minimum Gasteiger partial charge on any atom is -0.511 e. The van der Waals surface area contributed by atoms with E-state index in [1.165, 1.54) is 5.56 Å². The molecule has 33 heavy (non-hydrogen) atoms. The van der Waals surface area contributed by atoms with Crippen molar-refractivity contribution in [1.82, 2.24) is 0 Å². The van der Waals surface area contributed by atoms with Crippen LogP contribution in [0.1, 0.15) is 49.3 Å². The van der Waals surface area contributed by atoms with Crippen molar-refractivity contribution in [2.45, 2.75) is 44.6 Å². The first kappa shape index (κ1) is 22.6. The van der Waals surface area contributed by atoms with Crippen LogP contribution in [0.3, 0.4) is 0 Å². The van der Waals surface area contributed by atoms with E-state index in [0.29, 0.717) is 24.8 Å². The maximum Gasteiger partial charge on any atom is 0.342 e. The highest BCUT2D eigenvalue weighted by atomic mass is 16.6. The molecule has 1 N–H and O–H groups in total. The van der Waals surface area contributed by atoms with E-state index in [2.05, 4.69) is 19.1 Å². The van der Waals surface area contributed by atoms with Crippen molar-refractivity contribution in [2.75, 3.05) is 0 Å². The Labute approximate surface area is 196 Å². The standard InChI is InChI=1S/C30H30O3/c1-2-19-30(20-18-23-12-6-3-7-13-23)22-27(31)28(29(32)33-30)26(25-16-10-5-11-17-25)21-24-14-8-4-9-15-24/h3-17,21,31H,2,18-20,22H2,1H3/b26-21-. The van der Waals surface area contributed by atoms with E-state index < -0.39 is 11.6 Å². The van der Waals surface area contributed by atoms with Gasteiger partial charge in [0, 0.05) is 12.0 Å². The molecule has 0 amide bonds. The number of rotatable bonds is 8. The molecule has 1 aliphatic rings. The van der Waals surface area contributed by atoms with Crippen LogP contribution in [0, 0.1) is 0 Å². The molecular weight excluding hydrogens is 408 g/mol. The molecule has 1 unspecified atom stereocenters. The van der Waals surface area contributed by atoms with Gasteiger partial charge in [0.2, 0.25) is 0 Å². The summed E-state index contributed by atoms with van der Waals surface area (Å²) in [5, 5.41) is 11.2. The summed E-state index contributed by atoms with van der Waals surface area (Å²) in [4.78, 5) is 13.4. The summed E-state index contributed by atoms with van der Waals surface area (Å²) in [6.07, 6.45) is 5.33. The molecule has 0 aromatic heterocycles. The Morgan fingerprint density at radius 1 is 0.909 bits per heavy atom. The zero-order chi connectivity index (χ0) is 23.1. The highest BCUT2D eigenvalue weighted by molar-refractivity contribution is 6.11. The van der Waals surface area contributed by atoms with Gasteiger partial charge in [-0.15, -0.1) is 0 Å². The van der Waals surface area contributed by atoms with Crippen molar-refractivity contribution < 1.29 is 14.6 Å². The average molecular weight is 439 g/mol. The Balaban J connectivity index is 1.70. The summed E-state index contributed by atoms with van der Waals surface area (Å²) >= 11 is 0. The van der Waals surface area contributed by atoms with Gasteiger partial charge in [0.05, 0.1) is 0 Å². The number of esters is 1. The topological polar surface area (TPSA) is 46.5 Å². The summed E-state index contributed by atoms with van der Waals surface area (Å²) in [6, 6.07) is 29.7. The first-order valence-corrected chi connectivity index (χ1v) is 11.6. The Hall–Kier alpha value is -3.59. The van der Waals surface area contributed by atoms with Crippen LogP contribution < -0.4 is 0 Å². The lowest BCUT2D eigenvalue weighted by Crippen LogP contribution is -2.41. The first-order valence-electron chi connectivity index (χ1n) is 11.6. The summed E-state index contributed by atoms with van der Waals surface area (Å²) in [7, 11) is 0. The van der Waals surface area contributed by atoms with Gasteiger partial charge in [0.25, 0.3) is 0 Å². The fourth-order valence-electron chi connectivity index (χ4n) is 4.57. The molecule has 0 fully saturated rings. The first-order chi connectivity index (χ1) is 16.1. The number of hydrogen-bond acceptors (Lipinski definition) is 3. The molecule has 1 heterocycles. The second kappa shape index (κ2) is 10.4. The highest BCUT2D eigenvalue weighted by Gasteiger charge is 2.42. The number of benzene rings is 3. The number of cyclic esters (lactones) is 1. The van der Waals surface area contributed by atoms with Crippen LogP contribution >= 0.6 is 0 Å². The normalized spacial score (nSPS) is 18.8. The lowest BCUT2D eigenvalue weighted by molar-refractivity contribution is -0.160. The van der Waals surface area contributed by atoms with E-state index in [9.17, 15) is 9.90 Å². The van der Waals surface area contributed by atoms with Crippen molar-refractivity contribution >= 4 is 17.6 Å². The summed E-state index contributed by atoms with van der Waals surface area (Å²) in [5.74, 6) is -0.343. The van der Waals surface area contributed by atoms with Gasteiger partial charge in [-0.05, 0) is 42.0 Å². The minimum atomic E-state index is -0.691. The maximum absolute atomic E-state index is 13.4. The van der Waals surface area contributed by atoms with E-state index in [4.69, 9.17) is 4.74 Å². The molecule has 1 atom stereocenters. The number of hydrogen-bond donors (Lipinski definition) is 1. The predicted octanol–water partition coefficient (Wildman–Crippen LogP) is 7.16. The van der Waals surface area contributed by atoms with Crippen molar-refractivity contribution in [3.63, 3.8) is 0 Å².